The van der Waals surface area contributed by atoms with Crippen LogP contribution in [0.3, 0.4) is 0 Å². The van der Waals surface area contributed by atoms with Gasteiger partial charge in [-0.3, -0.25) is 4.79 Å². The van der Waals surface area contributed by atoms with Crippen LogP contribution in [0, 0.1) is 12.8 Å². The first-order valence-electron chi connectivity index (χ1n) is 7.85. The summed E-state index contributed by atoms with van der Waals surface area (Å²) in [6, 6.07) is 5.34. The van der Waals surface area contributed by atoms with Crippen molar-refractivity contribution >= 4 is 21.9 Å². The van der Waals surface area contributed by atoms with Crippen molar-refractivity contribution < 1.29 is 13.2 Å². The first-order valence-corrected chi connectivity index (χ1v) is 9.29. The second-order valence-electron chi connectivity index (χ2n) is 5.94. The van der Waals surface area contributed by atoms with Gasteiger partial charge in [-0.05, 0) is 37.8 Å². The Morgan fingerprint density at radius 3 is 2.70 bits per heavy atom. The minimum absolute atomic E-state index is 0.0685. The summed E-state index contributed by atoms with van der Waals surface area (Å²) in [5.41, 5.74) is 0.808. The summed E-state index contributed by atoms with van der Waals surface area (Å²) in [6.45, 7) is 5.11. The van der Waals surface area contributed by atoms with Gasteiger partial charge in [0.05, 0.1) is 0 Å². The molecule has 1 aromatic heterocycles. The van der Waals surface area contributed by atoms with Crippen molar-refractivity contribution in [2.24, 2.45) is 5.92 Å². The van der Waals surface area contributed by atoms with Crippen molar-refractivity contribution in [1.82, 2.24) is 14.0 Å². The molecule has 8 heteroatoms. The Balaban J connectivity index is 1.76. The third-order valence-corrected chi connectivity index (χ3v) is 5.49. The van der Waals surface area contributed by atoms with Crippen molar-refractivity contribution in [1.29, 1.82) is 0 Å². The van der Waals surface area contributed by atoms with Gasteiger partial charge in [-0.25, -0.2) is 9.71 Å². The highest BCUT2D eigenvalue weighted by Crippen LogP contribution is 2.17. The maximum atomic E-state index is 12.1. The van der Waals surface area contributed by atoms with E-state index < -0.39 is 10.2 Å². The standard InChI is InChI=1S/C15H24N4O3S/c1-12-7-10-19(11-8-12)23(21,22)16-9-6-15(20)18-14-5-3-4-13(2)17-14/h3-5,12,16H,6-11H2,1-2H3,(H,17,18,20). The number of aromatic nitrogens is 1. The summed E-state index contributed by atoms with van der Waals surface area (Å²) in [4.78, 5) is 16.0. The highest BCUT2D eigenvalue weighted by molar-refractivity contribution is 7.87. The number of hydrogen-bond donors (Lipinski definition) is 2. The van der Waals surface area contributed by atoms with E-state index in [1.165, 1.54) is 4.31 Å². The zero-order chi connectivity index (χ0) is 16.9. The first kappa shape index (κ1) is 17.8. The maximum Gasteiger partial charge on any atom is 0.279 e. The molecule has 1 amide bonds. The molecule has 2 heterocycles. The Labute approximate surface area is 137 Å². The van der Waals surface area contributed by atoms with Crippen LogP contribution in [0.1, 0.15) is 31.9 Å². The van der Waals surface area contributed by atoms with Crippen LogP contribution in [-0.2, 0) is 15.0 Å². The lowest BCUT2D eigenvalue weighted by molar-refractivity contribution is -0.116. The Hall–Kier alpha value is -1.51. The zero-order valence-corrected chi connectivity index (χ0v) is 14.4. The topological polar surface area (TPSA) is 91.4 Å². The van der Waals surface area contributed by atoms with E-state index in [1.807, 2.05) is 13.0 Å². The van der Waals surface area contributed by atoms with Crippen molar-refractivity contribution in [3.8, 4) is 0 Å². The lowest BCUT2D eigenvalue weighted by Crippen LogP contribution is -2.45. The van der Waals surface area contributed by atoms with Crippen molar-refractivity contribution in [2.45, 2.75) is 33.1 Å². The number of carbonyl (C=O) groups excluding carboxylic acids is 1. The van der Waals surface area contributed by atoms with E-state index in [4.69, 9.17) is 0 Å². The summed E-state index contributed by atoms with van der Waals surface area (Å²) in [6.07, 6.45) is 1.82. The minimum atomic E-state index is -3.49. The van der Waals surface area contributed by atoms with Crippen LogP contribution >= 0.6 is 0 Å². The monoisotopic (exact) mass is 340 g/mol. The fourth-order valence-corrected chi connectivity index (χ4v) is 3.66. The van der Waals surface area contributed by atoms with Crippen LogP contribution in [0.2, 0.25) is 0 Å². The molecule has 0 aliphatic carbocycles. The van der Waals surface area contributed by atoms with Gasteiger partial charge in [-0.15, -0.1) is 0 Å². The number of anilines is 1. The fourth-order valence-electron chi connectivity index (χ4n) is 2.43. The zero-order valence-electron chi connectivity index (χ0n) is 13.6. The molecule has 0 bridgehead atoms. The molecule has 0 unspecified atom stereocenters. The largest absolute Gasteiger partial charge is 0.311 e. The molecule has 0 saturated carbocycles. The van der Waals surface area contributed by atoms with Crippen LogP contribution in [0.5, 0.6) is 0 Å². The van der Waals surface area contributed by atoms with E-state index in [9.17, 15) is 13.2 Å². The van der Waals surface area contributed by atoms with Gasteiger partial charge in [0.2, 0.25) is 5.91 Å². The van der Waals surface area contributed by atoms with E-state index in [0.29, 0.717) is 24.8 Å². The molecule has 1 saturated heterocycles. The first-order chi connectivity index (χ1) is 10.9. The quantitative estimate of drug-likeness (QED) is 0.816. The molecule has 7 nitrogen and oxygen atoms in total. The average Bonchev–Trinajstić information content (AvgIpc) is 2.47. The van der Waals surface area contributed by atoms with Gasteiger partial charge >= 0.3 is 0 Å². The van der Waals surface area contributed by atoms with Gasteiger partial charge in [0, 0.05) is 31.7 Å². The van der Waals surface area contributed by atoms with E-state index in [-0.39, 0.29) is 18.9 Å². The molecule has 2 N–H and O–H groups in total. The van der Waals surface area contributed by atoms with E-state index >= 15 is 0 Å². The van der Waals surface area contributed by atoms with Crippen LogP contribution in [0.4, 0.5) is 5.82 Å². The van der Waals surface area contributed by atoms with Gasteiger partial charge in [0.15, 0.2) is 0 Å². The minimum Gasteiger partial charge on any atom is -0.311 e. The number of carbonyl (C=O) groups is 1. The van der Waals surface area contributed by atoms with E-state index in [1.54, 1.807) is 12.1 Å². The third-order valence-electron chi connectivity index (χ3n) is 3.87. The van der Waals surface area contributed by atoms with Crippen molar-refractivity contribution in [3.05, 3.63) is 23.9 Å². The molecule has 1 aliphatic rings. The van der Waals surface area contributed by atoms with Gasteiger partial charge < -0.3 is 5.32 Å². The number of amides is 1. The average molecular weight is 340 g/mol. The lowest BCUT2D eigenvalue weighted by atomic mass is 10.0. The highest BCUT2D eigenvalue weighted by Gasteiger charge is 2.25. The number of pyridine rings is 1. The van der Waals surface area contributed by atoms with E-state index in [2.05, 4.69) is 21.9 Å². The van der Waals surface area contributed by atoms with Gasteiger partial charge in [-0.1, -0.05) is 13.0 Å². The normalized spacial score (nSPS) is 17.1. The number of aryl methyl sites for hydroxylation is 1. The maximum absolute atomic E-state index is 12.1. The van der Waals surface area contributed by atoms with Gasteiger partial charge in [-0.2, -0.15) is 12.7 Å². The van der Waals surface area contributed by atoms with Crippen molar-refractivity contribution in [3.63, 3.8) is 0 Å². The van der Waals surface area contributed by atoms with Crippen LogP contribution in [-0.4, -0.2) is 43.2 Å². The van der Waals surface area contributed by atoms with Crippen LogP contribution in [0.15, 0.2) is 18.2 Å². The molecule has 0 aromatic carbocycles. The molecular weight excluding hydrogens is 316 g/mol. The third kappa shape index (κ3) is 5.56. The molecule has 1 aliphatic heterocycles. The molecule has 0 atom stereocenters. The second-order valence-corrected chi connectivity index (χ2v) is 7.70. The summed E-state index contributed by atoms with van der Waals surface area (Å²) in [7, 11) is -3.49. The lowest BCUT2D eigenvalue weighted by Gasteiger charge is -2.29. The van der Waals surface area contributed by atoms with Crippen LogP contribution < -0.4 is 10.0 Å². The van der Waals surface area contributed by atoms with Crippen molar-refractivity contribution in [2.75, 3.05) is 25.0 Å². The Bertz CT molecular complexity index is 640. The predicted octanol–water partition coefficient (Wildman–Crippen LogP) is 1.28. The molecule has 0 spiro atoms. The second kappa shape index (κ2) is 7.85. The number of rotatable bonds is 6. The SMILES string of the molecule is Cc1cccc(NC(=O)CCNS(=O)(=O)N2CCC(C)CC2)n1. The molecule has 0 radical (unpaired) electrons. The number of nitrogens with one attached hydrogen (secondary N) is 2. The molecule has 1 aromatic rings. The summed E-state index contributed by atoms with van der Waals surface area (Å²) in [5, 5.41) is 2.66. The molecule has 23 heavy (non-hydrogen) atoms. The van der Waals surface area contributed by atoms with Gasteiger partial charge in [0.25, 0.3) is 10.2 Å². The summed E-state index contributed by atoms with van der Waals surface area (Å²) >= 11 is 0. The number of piperidine rings is 1. The fraction of sp³-hybridized carbons (Fsp3) is 0.600. The number of hydrogen-bond acceptors (Lipinski definition) is 4. The number of nitrogens with zero attached hydrogens (tertiary/aromatic N) is 2. The molecule has 1 fully saturated rings. The molecular formula is C15H24N4O3S. The highest BCUT2D eigenvalue weighted by atomic mass is 32.2. The van der Waals surface area contributed by atoms with E-state index in [0.717, 1.165) is 18.5 Å². The summed E-state index contributed by atoms with van der Waals surface area (Å²) < 4.78 is 28.2. The Morgan fingerprint density at radius 1 is 1.35 bits per heavy atom. The van der Waals surface area contributed by atoms with Gasteiger partial charge in [0.1, 0.15) is 5.82 Å². The molecule has 128 valence electrons. The van der Waals surface area contributed by atoms with Crippen LogP contribution in [0.25, 0.3) is 0 Å². The smallest absolute Gasteiger partial charge is 0.279 e. The molecule has 2 rings (SSSR count). The Morgan fingerprint density at radius 2 is 2.04 bits per heavy atom. The predicted molar refractivity (Wildman–Crippen MR) is 89.1 cm³/mol. The Kier molecular flexibility index (Phi) is 6.09. The summed E-state index contributed by atoms with van der Waals surface area (Å²) in [5.74, 6) is 0.773.